The lowest BCUT2D eigenvalue weighted by molar-refractivity contribution is 0.248. The Morgan fingerprint density at radius 1 is 0.964 bits per heavy atom. The summed E-state index contributed by atoms with van der Waals surface area (Å²) in [5, 5.41) is 4.52. The highest BCUT2D eigenvalue weighted by atomic mass is 19.1. The van der Waals surface area contributed by atoms with Gasteiger partial charge in [0.05, 0.1) is 5.69 Å². The molecular formula is C21H25FN6. The van der Waals surface area contributed by atoms with E-state index in [1.807, 2.05) is 11.7 Å². The maximum absolute atomic E-state index is 13.3. The zero-order chi connectivity index (χ0) is 19.7. The van der Waals surface area contributed by atoms with E-state index >= 15 is 0 Å². The summed E-state index contributed by atoms with van der Waals surface area (Å²) in [7, 11) is 1.99. The first-order valence-electron chi connectivity index (χ1n) is 9.56. The Kier molecular flexibility index (Phi) is 5.09. The van der Waals surface area contributed by atoms with Crippen molar-refractivity contribution in [3.8, 4) is 11.3 Å². The average molecular weight is 380 g/mol. The van der Waals surface area contributed by atoms with Crippen molar-refractivity contribution in [2.24, 2.45) is 7.05 Å². The van der Waals surface area contributed by atoms with Gasteiger partial charge in [0.2, 0.25) is 0 Å². The van der Waals surface area contributed by atoms with Crippen LogP contribution in [0.1, 0.15) is 17.0 Å². The molecule has 6 nitrogen and oxygen atoms in total. The maximum atomic E-state index is 13.3. The Morgan fingerprint density at radius 3 is 2.29 bits per heavy atom. The van der Waals surface area contributed by atoms with Crippen molar-refractivity contribution in [3.63, 3.8) is 0 Å². The predicted octanol–water partition coefficient (Wildman–Crippen LogP) is 2.96. The highest BCUT2D eigenvalue weighted by molar-refractivity contribution is 5.72. The van der Waals surface area contributed by atoms with E-state index in [-0.39, 0.29) is 5.82 Å². The number of halogens is 1. The number of nitrogens with zero attached hydrogens (tertiary/aromatic N) is 6. The molecule has 0 atom stereocenters. The van der Waals surface area contributed by atoms with Crippen LogP contribution < -0.4 is 4.90 Å². The number of anilines is 1. The zero-order valence-corrected chi connectivity index (χ0v) is 16.6. The number of aryl methyl sites for hydroxylation is 2. The van der Waals surface area contributed by atoms with Crippen LogP contribution in [-0.2, 0) is 13.6 Å². The molecule has 0 spiro atoms. The molecule has 1 aromatic carbocycles. The van der Waals surface area contributed by atoms with Crippen molar-refractivity contribution in [1.82, 2.24) is 24.6 Å². The van der Waals surface area contributed by atoms with Crippen molar-refractivity contribution in [3.05, 3.63) is 59.4 Å². The molecule has 0 saturated carbocycles. The van der Waals surface area contributed by atoms with Gasteiger partial charge in [0.1, 0.15) is 11.5 Å². The van der Waals surface area contributed by atoms with Gasteiger partial charge in [-0.25, -0.2) is 9.37 Å². The normalized spacial score (nSPS) is 15.2. The van der Waals surface area contributed by atoms with Crippen LogP contribution in [0.25, 0.3) is 11.3 Å². The second-order valence-electron chi connectivity index (χ2n) is 7.27. The fourth-order valence-corrected chi connectivity index (χ4v) is 3.76. The molecule has 1 aliphatic rings. The van der Waals surface area contributed by atoms with Gasteiger partial charge in [-0.05, 0) is 38.1 Å². The summed E-state index contributed by atoms with van der Waals surface area (Å²) in [5.41, 5.74) is 5.34. The molecule has 0 amide bonds. The summed E-state index contributed by atoms with van der Waals surface area (Å²) in [5.74, 6) is 0.617. The number of piperazine rings is 1. The Labute approximate surface area is 164 Å². The molecule has 1 aliphatic heterocycles. The zero-order valence-electron chi connectivity index (χ0n) is 16.6. The van der Waals surface area contributed by atoms with E-state index in [1.165, 1.54) is 23.4 Å². The number of aromatic nitrogens is 4. The van der Waals surface area contributed by atoms with Crippen LogP contribution >= 0.6 is 0 Å². The van der Waals surface area contributed by atoms with Crippen molar-refractivity contribution in [2.75, 3.05) is 31.1 Å². The van der Waals surface area contributed by atoms with E-state index in [0.29, 0.717) is 0 Å². The minimum absolute atomic E-state index is 0.246. The van der Waals surface area contributed by atoms with Crippen molar-refractivity contribution < 1.29 is 4.39 Å². The highest BCUT2D eigenvalue weighted by Gasteiger charge is 2.23. The van der Waals surface area contributed by atoms with Gasteiger partial charge < -0.3 is 4.90 Å². The smallest absolute Gasteiger partial charge is 0.155 e. The highest BCUT2D eigenvalue weighted by Crippen LogP contribution is 2.27. The van der Waals surface area contributed by atoms with Crippen LogP contribution in [0.2, 0.25) is 0 Å². The summed E-state index contributed by atoms with van der Waals surface area (Å²) < 4.78 is 15.2. The molecule has 4 rings (SSSR count). The Bertz CT molecular complexity index is 958. The van der Waals surface area contributed by atoms with Crippen LogP contribution in [0.4, 0.5) is 10.2 Å². The lowest BCUT2D eigenvalue weighted by Gasteiger charge is -2.36. The molecule has 28 heavy (non-hydrogen) atoms. The molecule has 1 saturated heterocycles. The first kappa shape index (κ1) is 18.6. The predicted molar refractivity (Wildman–Crippen MR) is 108 cm³/mol. The third-order valence-corrected chi connectivity index (χ3v) is 5.51. The van der Waals surface area contributed by atoms with E-state index in [0.717, 1.165) is 55.5 Å². The summed E-state index contributed by atoms with van der Waals surface area (Å²) in [6, 6.07) is 6.44. The van der Waals surface area contributed by atoms with E-state index in [2.05, 4.69) is 38.7 Å². The lowest BCUT2D eigenvalue weighted by Crippen LogP contribution is -2.46. The fraction of sp³-hybridized carbons (Fsp3) is 0.381. The molecule has 1 fully saturated rings. The van der Waals surface area contributed by atoms with Crippen molar-refractivity contribution in [1.29, 1.82) is 0 Å². The quantitative estimate of drug-likeness (QED) is 0.697. The summed E-state index contributed by atoms with van der Waals surface area (Å²) in [4.78, 5) is 13.8. The molecule has 2 aromatic heterocycles. The van der Waals surface area contributed by atoms with E-state index in [1.54, 1.807) is 24.5 Å². The van der Waals surface area contributed by atoms with Gasteiger partial charge in [0.15, 0.2) is 5.82 Å². The monoisotopic (exact) mass is 380 g/mol. The topological polar surface area (TPSA) is 50.1 Å². The minimum Gasteiger partial charge on any atom is -0.352 e. The number of rotatable bonds is 4. The van der Waals surface area contributed by atoms with Crippen molar-refractivity contribution in [2.45, 2.75) is 20.4 Å². The van der Waals surface area contributed by atoms with Crippen LogP contribution in [-0.4, -0.2) is 50.8 Å². The standard InChI is InChI=1S/C21H25FN6/c1-15-19(16(2)26(3)25-15)14-27-10-12-28(13-11-27)21-20(23-8-9-24-21)17-4-6-18(22)7-5-17/h4-9H,10-14H2,1-3H3. The van der Waals surface area contributed by atoms with Gasteiger partial charge >= 0.3 is 0 Å². The summed E-state index contributed by atoms with van der Waals surface area (Å²) in [6.45, 7) is 8.79. The molecule has 146 valence electrons. The molecule has 7 heteroatoms. The van der Waals surface area contributed by atoms with Crippen LogP contribution in [0.15, 0.2) is 36.7 Å². The van der Waals surface area contributed by atoms with Crippen molar-refractivity contribution >= 4 is 5.82 Å². The van der Waals surface area contributed by atoms with Gasteiger partial charge in [0, 0.05) is 69.0 Å². The average Bonchev–Trinajstić information content (AvgIpc) is 2.95. The first-order chi connectivity index (χ1) is 13.5. The van der Waals surface area contributed by atoms with Gasteiger partial charge in [-0.2, -0.15) is 5.10 Å². The van der Waals surface area contributed by atoms with E-state index in [9.17, 15) is 4.39 Å². The fourth-order valence-electron chi connectivity index (χ4n) is 3.76. The molecule has 3 heterocycles. The van der Waals surface area contributed by atoms with Crippen LogP contribution in [0, 0.1) is 19.7 Å². The molecule has 0 bridgehead atoms. The molecular weight excluding hydrogens is 355 g/mol. The lowest BCUT2D eigenvalue weighted by atomic mass is 10.1. The Morgan fingerprint density at radius 2 is 1.64 bits per heavy atom. The van der Waals surface area contributed by atoms with Crippen LogP contribution in [0.3, 0.4) is 0 Å². The SMILES string of the molecule is Cc1nn(C)c(C)c1CN1CCN(c2nccnc2-c2ccc(F)cc2)CC1. The largest absolute Gasteiger partial charge is 0.352 e. The molecule has 0 aliphatic carbocycles. The van der Waals surface area contributed by atoms with E-state index < -0.39 is 0 Å². The van der Waals surface area contributed by atoms with Gasteiger partial charge in [-0.15, -0.1) is 0 Å². The maximum Gasteiger partial charge on any atom is 0.155 e. The second-order valence-corrected chi connectivity index (χ2v) is 7.27. The molecule has 0 unspecified atom stereocenters. The van der Waals surface area contributed by atoms with E-state index in [4.69, 9.17) is 0 Å². The number of benzene rings is 1. The second kappa shape index (κ2) is 7.67. The minimum atomic E-state index is -0.246. The first-order valence-corrected chi connectivity index (χ1v) is 9.56. The third kappa shape index (κ3) is 3.62. The Balaban J connectivity index is 1.48. The summed E-state index contributed by atoms with van der Waals surface area (Å²) >= 11 is 0. The van der Waals surface area contributed by atoms with Crippen LogP contribution in [0.5, 0.6) is 0 Å². The van der Waals surface area contributed by atoms with Gasteiger partial charge in [-0.3, -0.25) is 14.6 Å². The van der Waals surface area contributed by atoms with Gasteiger partial charge in [0.25, 0.3) is 0 Å². The van der Waals surface area contributed by atoms with Gasteiger partial charge in [-0.1, -0.05) is 0 Å². The number of hydrogen-bond acceptors (Lipinski definition) is 5. The Hall–Kier alpha value is -2.80. The molecule has 3 aromatic rings. The molecule has 0 N–H and O–H groups in total. The molecule has 0 radical (unpaired) electrons. The summed E-state index contributed by atoms with van der Waals surface area (Å²) in [6.07, 6.45) is 3.41. The third-order valence-electron chi connectivity index (χ3n) is 5.51. The number of hydrogen-bond donors (Lipinski definition) is 0.